The predicted octanol–water partition coefficient (Wildman–Crippen LogP) is 4.58. The minimum absolute atomic E-state index is 0.190. The number of pyridine rings is 1. The van der Waals surface area contributed by atoms with Crippen LogP contribution in [0, 0.1) is 5.41 Å². The molecule has 198 valence electrons. The molecule has 0 N–H and O–H groups in total. The van der Waals surface area contributed by atoms with Crippen LogP contribution in [0.15, 0.2) is 36.3 Å². The zero-order valence-corrected chi connectivity index (χ0v) is 21.9. The fourth-order valence-corrected chi connectivity index (χ4v) is 5.38. The van der Waals surface area contributed by atoms with Crippen molar-refractivity contribution in [1.29, 1.82) is 0 Å². The molecule has 0 saturated carbocycles. The molecule has 1 aliphatic carbocycles. The van der Waals surface area contributed by atoms with E-state index in [4.69, 9.17) is 18.9 Å². The number of piperidine rings is 1. The molecule has 2 fully saturated rings. The van der Waals surface area contributed by atoms with Crippen LogP contribution >= 0.6 is 0 Å². The van der Waals surface area contributed by atoms with E-state index in [-0.39, 0.29) is 5.91 Å². The van der Waals surface area contributed by atoms with Crippen LogP contribution in [-0.4, -0.2) is 65.8 Å². The number of fused-ring (bicyclic) bond motifs is 2. The van der Waals surface area contributed by atoms with E-state index in [1.165, 1.54) is 11.9 Å². The van der Waals surface area contributed by atoms with Crippen LogP contribution in [0.1, 0.15) is 43.9 Å². The molecule has 2 aromatic heterocycles. The molecule has 0 bridgehead atoms. The van der Waals surface area contributed by atoms with Crippen LogP contribution in [-0.2, 0) is 16.0 Å². The van der Waals surface area contributed by atoms with Crippen molar-refractivity contribution in [3.05, 3.63) is 47.6 Å². The van der Waals surface area contributed by atoms with E-state index in [1.807, 2.05) is 23.1 Å². The first-order valence-electron chi connectivity index (χ1n) is 13.2. The summed E-state index contributed by atoms with van der Waals surface area (Å²) in [5.41, 5.74) is 4.41. The van der Waals surface area contributed by atoms with Crippen LogP contribution in [0.25, 0.3) is 17.0 Å². The molecule has 0 atom stereocenters. The third kappa shape index (κ3) is 4.90. The molecular formula is C29H32N4O5. The van der Waals surface area contributed by atoms with Gasteiger partial charge in [-0.3, -0.25) is 9.78 Å². The number of likely N-dealkylation sites (tertiary alicyclic amines) is 1. The Morgan fingerprint density at radius 1 is 1.11 bits per heavy atom. The molecule has 3 aliphatic rings. The zero-order chi connectivity index (χ0) is 26.1. The Labute approximate surface area is 221 Å². The van der Waals surface area contributed by atoms with Crippen molar-refractivity contribution in [2.75, 3.05) is 40.0 Å². The van der Waals surface area contributed by atoms with Gasteiger partial charge in [0.15, 0.2) is 11.5 Å². The Hall–Kier alpha value is -3.72. The Kier molecular flexibility index (Phi) is 6.61. The number of hydrogen-bond acceptors (Lipinski definition) is 8. The zero-order valence-electron chi connectivity index (χ0n) is 21.9. The predicted molar refractivity (Wildman–Crippen MR) is 142 cm³/mol. The van der Waals surface area contributed by atoms with Gasteiger partial charge in [0.05, 0.1) is 49.7 Å². The number of rotatable bonds is 8. The van der Waals surface area contributed by atoms with Crippen LogP contribution in [0.4, 0.5) is 0 Å². The summed E-state index contributed by atoms with van der Waals surface area (Å²) in [4.78, 5) is 27.9. The van der Waals surface area contributed by atoms with Crippen molar-refractivity contribution in [3.8, 4) is 23.1 Å². The second kappa shape index (κ2) is 10.2. The Morgan fingerprint density at radius 2 is 1.95 bits per heavy atom. The second-order valence-corrected chi connectivity index (χ2v) is 10.5. The Balaban J connectivity index is 1.09. The highest BCUT2D eigenvalue weighted by Gasteiger charge is 2.41. The van der Waals surface area contributed by atoms with Gasteiger partial charge in [-0.1, -0.05) is 11.6 Å². The molecule has 6 rings (SSSR count). The smallest absolute Gasteiger partial charge is 0.230 e. The number of hydrogen-bond donors (Lipinski definition) is 0. The van der Waals surface area contributed by atoms with E-state index in [1.54, 1.807) is 13.3 Å². The van der Waals surface area contributed by atoms with Crippen LogP contribution in [0.3, 0.4) is 0 Å². The van der Waals surface area contributed by atoms with Gasteiger partial charge in [-0.15, -0.1) is 0 Å². The van der Waals surface area contributed by atoms with E-state index in [0.717, 1.165) is 56.8 Å². The lowest BCUT2D eigenvalue weighted by atomic mass is 9.77. The van der Waals surface area contributed by atoms with Gasteiger partial charge in [-0.25, -0.2) is 9.97 Å². The second-order valence-electron chi connectivity index (χ2n) is 10.5. The Morgan fingerprint density at radius 3 is 2.71 bits per heavy atom. The summed E-state index contributed by atoms with van der Waals surface area (Å²) in [6, 6.07) is 5.62. The molecular weight excluding hydrogens is 484 g/mol. The molecule has 0 radical (unpaired) electrons. The summed E-state index contributed by atoms with van der Waals surface area (Å²) in [6.07, 6.45) is 9.35. The van der Waals surface area contributed by atoms with Crippen molar-refractivity contribution < 1.29 is 23.7 Å². The van der Waals surface area contributed by atoms with Gasteiger partial charge in [-0.05, 0) is 43.9 Å². The number of nitrogens with zero attached hydrogens (tertiary/aromatic N) is 4. The lowest BCUT2D eigenvalue weighted by Crippen LogP contribution is -2.52. The first-order chi connectivity index (χ1) is 18.5. The fraction of sp³-hybridized carbons (Fsp3) is 0.448. The SMILES string of the molecule is COc1cc2c(Oc3cnc4c(c3)C=C(C)C4)ncnc2cc1OCCCC(=O)N1CCC2(CC1)COC2. The number of allylic oxidation sites excluding steroid dienone is 1. The summed E-state index contributed by atoms with van der Waals surface area (Å²) in [5, 5.41) is 0.707. The van der Waals surface area contributed by atoms with Crippen molar-refractivity contribution in [2.45, 2.75) is 39.0 Å². The number of ether oxygens (including phenoxy) is 4. The third-order valence-corrected chi connectivity index (χ3v) is 7.71. The van der Waals surface area contributed by atoms with E-state index in [9.17, 15) is 4.79 Å². The highest BCUT2D eigenvalue weighted by Crippen LogP contribution is 2.39. The normalized spacial score (nSPS) is 17.6. The number of amides is 1. The Bertz CT molecular complexity index is 1390. The summed E-state index contributed by atoms with van der Waals surface area (Å²) in [5.74, 6) is 2.35. The van der Waals surface area contributed by atoms with Crippen molar-refractivity contribution in [1.82, 2.24) is 19.9 Å². The maximum atomic E-state index is 12.7. The highest BCUT2D eigenvalue weighted by atomic mass is 16.5. The van der Waals surface area contributed by atoms with Gasteiger partial charge in [0.25, 0.3) is 0 Å². The van der Waals surface area contributed by atoms with Gasteiger partial charge < -0.3 is 23.8 Å². The summed E-state index contributed by atoms with van der Waals surface area (Å²) in [6.45, 7) is 5.84. The lowest BCUT2D eigenvalue weighted by Gasteiger charge is -2.47. The monoisotopic (exact) mass is 516 g/mol. The molecule has 0 unspecified atom stereocenters. The highest BCUT2D eigenvalue weighted by molar-refractivity contribution is 5.87. The molecule has 4 heterocycles. The van der Waals surface area contributed by atoms with Crippen molar-refractivity contribution >= 4 is 22.9 Å². The number of carbonyl (C=O) groups excluding carboxylic acids is 1. The molecule has 1 amide bonds. The van der Waals surface area contributed by atoms with Crippen molar-refractivity contribution in [3.63, 3.8) is 0 Å². The maximum absolute atomic E-state index is 12.7. The number of benzene rings is 1. The molecule has 9 nitrogen and oxygen atoms in total. The van der Waals surface area contributed by atoms with E-state index in [0.29, 0.717) is 58.9 Å². The minimum atomic E-state index is 0.190. The average molecular weight is 517 g/mol. The first kappa shape index (κ1) is 24.6. The average Bonchev–Trinajstić information content (AvgIpc) is 3.29. The molecule has 1 aromatic carbocycles. The van der Waals surface area contributed by atoms with E-state index >= 15 is 0 Å². The van der Waals surface area contributed by atoms with Gasteiger partial charge in [0.1, 0.15) is 12.1 Å². The molecule has 1 spiro atoms. The van der Waals surface area contributed by atoms with Crippen molar-refractivity contribution in [2.24, 2.45) is 5.41 Å². The van der Waals surface area contributed by atoms with Gasteiger partial charge in [0.2, 0.25) is 11.8 Å². The number of methoxy groups -OCH3 is 1. The molecule has 38 heavy (non-hydrogen) atoms. The summed E-state index contributed by atoms with van der Waals surface area (Å²) in [7, 11) is 1.59. The largest absolute Gasteiger partial charge is 0.493 e. The van der Waals surface area contributed by atoms with E-state index in [2.05, 4.69) is 28.0 Å². The van der Waals surface area contributed by atoms with E-state index < -0.39 is 0 Å². The summed E-state index contributed by atoms with van der Waals surface area (Å²) >= 11 is 0. The fourth-order valence-electron chi connectivity index (χ4n) is 5.38. The standard InChI is InChI=1S/C29H32N4O5/c1-19-10-20-12-21(15-30-23(20)11-19)38-28-22-13-25(35-2)26(14-24(22)31-18-32-28)37-9-3-4-27(34)33-7-5-29(6-8-33)16-36-17-29/h10,12-15,18H,3-9,11,16-17H2,1-2H3. The van der Waals surface area contributed by atoms with Gasteiger partial charge >= 0.3 is 0 Å². The topological polar surface area (TPSA) is 95.9 Å². The van der Waals surface area contributed by atoms with Gasteiger partial charge in [0, 0.05) is 37.4 Å². The molecule has 9 heteroatoms. The van der Waals surface area contributed by atoms with Crippen LogP contribution < -0.4 is 14.2 Å². The van der Waals surface area contributed by atoms with Crippen LogP contribution in [0.2, 0.25) is 0 Å². The van der Waals surface area contributed by atoms with Gasteiger partial charge in [-0.2, -0.15) is 0 Å². The molecule has 3 aromatic rings. The van der Waals surface area contributed by atoms with Crippen LogP contribution in [0.5, 0.6) is 23.1 Å². The number of aromatic nitrogens is 3. The summed E-state index contributed by atoms with van der Waals surface area (Å²) < 4.78 is 23.1. The number of carbonyl (C=O) groups is 1. The quantitative estimate of drug-likeness (QED) is 0.402. The first-order valence-corrected chi connectivity index (χ1v) is 13.2. The molecule has 2 aliphatic heterocycles. The molecule has 2 saturated heterocycles. The minimum Gasteiger partial charge on any atom is -0.493 e. The maximum Gasteiger partial charge on any atom is 0.230 e. The lowest BCUT2D eigenvalue weighted by molar-refractivity contribution is -0.153. The third-order valence-electron chi connectivity index (χ3n) is 7.71.